The molecule has 1 amide bonds. The van der Waals surface area contributed by atoms with Crippen molar-refractivity contribution in [2.45, 2.75) is 17.2 Å². The van der Waals surface area contributed by atoms with Crippen molar-refractivity contribution in [3.05, 3.63) is 89.3 Å². The summed E-state index contributed by atoms with van der Waals surface area (Å²) >= 11 is 1.22. The largest absolute Gasteiger partial charge is 0.484 e. The lowest BCUT2D eigenvalue weighted by atomic mass is 10.0. The van der Waals surface area contributed by atoms with Gasteiger partial charge in [0.2, 0.25) is 0 Å². The maximum absolute atomic E-state index is 12.9. The van der Waals surface area contributed by atoms with Gasteiger partial charge in [0.25, 0.3) is 15.9 Å². The molecular weight excluding hydrogens is 456 g/mol. The van der Waals surface area contributed by atoms with Crippen molar-refractivity contribution >= 4 is 43.7 Å². The maximum Gasteiger partial charge on any atom is 0.262 e. The molecule has 0 saturated carbocycles. The third-order valence-electron chi connectivity index (χ3n) is 5.65. The van der Waals surface area contributed by atoms with Crippen molar-refractivity contribution in [1.29, 1.82) is 0 Å². The van der Waals surface area contributed by atoms with E-state index >= 15 is 0 Å². The van der Waals surface area contributed by atoms with Gasteiger partial charge in [-0.2, -0.15) is 4.31 Å². The fourth-order valence-corrected chi connectivity index (χ4v) is 6.52. The van der Waals surface area contributed by atoms with Crippen LogP contribution in [0.2, 0.25) is 0 Å². The van der Waals surface area contributed by atoms with Gasteiger partial charge >= 0.3 is 0 Å². The van der Waals surface area contributed by atoms with E-state index in [2.05, 4.69) is 5.32 Å². The van der Waals surface area contributed by atoms with Crippen LogP contribution in [0.1, 0.15) is 11.1 Å². The average molecular weight is 479 g/mol. The summed E-state index contributed by atoms with van der Waals surface area (Å²) in [4.78, 5) is 12.5. The van der Waals surface area contributed by atoms with E-state index in [0.717, 1.165) is 21.9 Å². The maximum atomic E-state index is 12.9. The third-order valence-corrected chi connectivity index (χ3v) is 8.87. The van der Waals surface area contributed by atoms with Crippen molar-refractivity contribution < 1.29 is 17.9 Å². The van der Waals surface area contributed by atoms with Crippen LogP contribution < -0.4 is 10.1 Å². The number of amides is 1. The Hall–Kier alpha value is -3.20. The number of ether oxygens (including phenoxy) is 1. The number of carbonyl (C=O) groups is 1. The first kappa shape index (κ1) is 21.6. The van der Waals surface area contributed by atoms with Crippen LogP contribution in [0.5, 0.6) is 5.75 Å². The molecule has 168 valence electrons. The number of hydrogen-bond donors (Lipinski definition) is 1. The molecule has 0 fully saturated rings. The molecule has 33 heavy (non-hydrogen) atoms. The van der Waals surface area contributed by atoms with Gasteiger partial charge in [-0.1, -0.05) is 42.5 Å². The first-order chi connectivity index (χ1) is 16.0. The minimum absolute atomic E-state index is 0.117. The number of nitrogens with one attached hydrogen (secondary N) is 1. The number of rotatable bonds is 6. The Balaban J connectivity index is 1.24. The summed E-state index contributed by atoms with van der Waals surface area (Å²) in [7, 11) is -3.51. The SMILES string of the molecule is O=C(COc1ccc2ccccc2c1)Nc1ccc2c(c1)CN(S(=O)(=O)c1cccs1)CC2. The topological polar surface area (TPSA) is 75.7 Å². The van der Waals surface area contributed by atoms with E-state index in [1.165, 1.54) is 15.6 Å². The van der Waals surface area contributed by atoms with Crippen LogP contribution in [0.25, 0.3) is 10.8 Å². The Bertz CT molecular complexity index is 1420. The molecule has 0 saturated heterocycles. The molecule has 1 aromatic heterocycles. The predicted octanol–water partition coefficient (Wildman–Crippen LogP) is 4.67. The highest BCUT2D eigenvalue weighted by Gasteiger charge is 2.29. The zero-order valence-electron chi connectivity index (χ0n) is 17.7. The molecule has 0 bridgehead atoms. The second-order valence-corrected chi connectivity index (χ2v) is 11.0. The molecule has 0 unspecified atom stereocenters. The van der Waals surface area contributed by atoms with E-state index in [1.54, 1.807) is 17.5 Å². The van der Waals surface area contributed by atoms with E-state index in [4.69, 9.17) is 4.74 Å². The molecule has 0 spiro atoms. The zero-order chi connectivity index (χ0) is 22.8. The number of fused-ring (bicyclic) bond motifs is 2. The molecule has 2 heterocycles. The zero-order valence-corrected chi connectivity index (χ0v) is 19.4. The van der Waals surface area contributed by atoms with Crippen LogP contribution >= 0.6 is 11.3 Å². The number of nitrogens with zero attached hydrogens (tertiary/aromatic N) is 1. The molecule has 4 aromatic rings. The Labute approximate surface area is 196 Å². The van der Waals surface area contributed by atoms with Crippen LogP contribution in [-0.4, -0.2) is 31.8 Å². The number of sulfonamides is 1. The quantitative estimate of drug-likeness (QED) is 0.437. The van der Waals surface area contributed by atoms with Gasteiger partial charge in [0, 0.05) is 18.8 Å². The van der Waals surface area contributed by atoms with Crippen LogP contribution in [0.3, 0.4) is 0 Å². The fraction of sp³-hybridized carbons (Fsp3) is 0.160. The average Bonchev–Trinajstić information content (AvgIpc) is 3.38. The van der Waals surface area contributed by atoms with Gasteiger partial charge in [0.05, 0.1) is 0 Å². The summed E-state index contributed by atoms with van der Waals surface area (Å²) in [6.45, 7) is 0.611. The number of thiophene rings is 1. The van der Waals surface area contributed by atoms with E-state index < -0.39 is 10.0 Å². The van der Waals surface area contributed by atoms with Crippen LogP contribution in [0.15, 0.2) is 82.4 Å². The highest BCUT2D eigenvalue weighted by atomic mass is 32.2. The number of hydrogen-bond acceptors (Lipinski definition) is 5. The van der Waals surface area contributed by atoms with Gasteiger partial charge in [-0.3, -0.25) is 4.79 Å². The van der Waals surface area contributed by atoms with Gasteiger partial charge in [-0.25, -0.2) is 8.42 Å². The van der Waals surface area contributed by atoms with Crippen molar-refractivity contribution in [2.75, 3.05) is 18.5 Å². The predicted molar refractivity (Wildman–Crippen MR) is 130 cm³/mol. The van der Waals surface area contributed by atoms with Gasteiger partial charge in [0.1, 0.15) is 9.96 Å². The van der Waals surface area contributed by atoms with E-state index in [1.807, 2.05) is 60.7 Å². The molecule has 0 aliphatic carbocycles. The Morgan fingerprint density at radius 3 is 2.64 bits per heavy atom. The van der Waals surface area contributed by atoms with E-state index in [-0.39, 0.29) is 19.1 Å². The van der Waals surface area contributed by atoms with Crippen molar-refractivity contribution in [2.24, 2.45) is 0 Å². The Morgan fingerprint density at radius 1 is 0.970 bits per heavy atom. The summed E-state index contributed by atoms with van der Waals surface area (Å²) in [6, 6.07) is 22.7. The molecule has 3 aromatic carbocycles. The van der Waals surface area contributed by atoms with Gasteiger partial charge in [-0.15, -0.1) is 11.3 Å². The molecule has 1 N–H and O–H groups in total. The standard InChI is InChI=1S/C25H22N2O4S2/c28-24(17-31-23-10-8-18-4-1-2-5-20(18)15-23)26-22-9-7-19-11-12-27(16-21(19)14-22)33(29,30)25-6-3-13-32-25/h1-10,13-15H,11-12,16-17H2,(H,26,28). The summed E-state index contributed by atoms with van der Waals surface area (Å²) in [5, 5.41) is 6.77. The molecule has 5 rings (SSSR count). The van der Waals surface area contributed by atoms with Crippen LogP contribution in [0, 0.1) is 0 Å². The number of carbonyl (C=O) groups excluding carboxylic acids is 1. The summed E-state index contributed by atoms with van der Waals surface area (Å²) < 4.78 is 33.3. The first-order valence-corrected chi connectivity index (χ1v) is 12.9. The third kappa shape index (κ3) is 4.64. The molecule has 0 atom stereocenters. The van der Waals surface area contributed by atoms with Crippen molar-refractivity contribution in [1.82, 2.24) is 4.31 Å². The summed E-state index contributed by atoms with van der Waals surface area (Å²) in [5.41, 5.74) is 2.61. The number of benzene rings is 3. The van der Waals surface area contributed by atoms with Crippen LogP contribution in [-0.2, 0) is 27.8 Å². The minimum atomic E-state index is -3.51. The number of anilines is 1. The van der Waals surface area contributed by atoms with Crippen LogP contribution in [0.4, 0.5) is 5.69 Å². The molecular formula is C25H22N2O4S2. The first-order valence-electron chi connectivity index (χ1n) is 10.6. The fourth-order valence-electron chi connectivity index (χ4n) is 3.95. The molecule has 1 aliphatic heterocycles. The molecule has 0 radical (unpaired) electrons. The highest BCUT2D eigenvalue weighted by Crippen LogP contribution is 2.29. The van der Waals surface area contributed by atoms with Gasteiger partial charge < -0.3 is 10.1 Å². The highest BCUT2D eigenvalue weighted by molar-refractivity contribution is 7.91. The molecule has 6 nitrogen and oxygen atoms in total. The summed E-state index contributed by atoms with van der Waals surface area (Å²) in [5.74, 6) is 0.352. The normalized spacial score (nSPS) is 14.1. The van der Waals surface area contributed by atoms with E-state index in [0.29, 0.717) is 28.6 Å². The Morgan fingerprint density at radius 2 is 1.82 bits per heavy atom. The van der Waals surface area contributed by atoms with Crippen molar-refractivity contribution in [3.8, 4) is 5.75 Å². The Kier molecular flexibility index (Phi) is 5.88. The lowest BCUT2D eigenvalue weighted by molar-refractivity contribution is -0.118. The molecule has 1 aliphatic rings. The van der Waals surface area contributed by atoms with Gasteiger partial charge in [0.15, 0.2) is 6.61 Å². The molecule has 8 heteroatoms. The smallest absolute Gasteiger partial charge is 0.262 e. The van der Waals surface area contributed by atoms with Crippen molar-refractivity contribution in [3.63, 3.8) is 0 Å². The lowest BCUT2D eigenvalue weighted by Gasteiger charge is -2.28. The second kappa shape index (κ2) is 8.97. The summed E-state index contributed by atoms with van der Waals surface area (Å²) in [6.07, 6.45) is 0.638. The lowest BCUT2D eigenvalue weighted by Crippen LogP contribution is -2.35. The van der Waals surface area contributed by atoms with Gasteiger partial charge in [-0.05, 0) is 64.0 Å². The van der Waals surface area contributed by atoms with E-state index in [9.17, 15) is 13.2 Å². The minimum Gasteiger partial charge on any atom is -0.484 e. The monoisotopic (exact) mass is 478 g/mol. The second-order valence-electron chi connectivity index (χ2n) is 7.85.